The highest BCUT2D eigenvalue weighted by Gasteiger charge is 2.37. The van der Waals surface area contributed by atoms with E-state index in [1.165, 1.54) is 0 Å². The molecule has 0 saturated heterocycles. The lowest BCUT2D eigenvalue weighted by Crippen LogP contribution is -2.32. The number of halogens is 1. The lowest BCUT2D eigenvalue weighted by Gasteiger charge is -2.35. The molecule has 0 fully saturated rings. The van der Waals surface area contributed by atoms with Gasteiger partial charge in [0.05, 0.1) is 0 Å². The summed E-state index contributed by atoms with van der Waals surface area (Å²) in [7, 11) is 0. The molecule has 0 amide bonds. The Morgan fingerprint density at radius 2 is 0.909 bits per heavy atom. The van der Waals surface area contributed by atoms with Crippen molar-refractivity contribution in [1.29, 1.82) is 0 Å². The first kappa shape index (κ1) is 14.8. The standard InChI is InChI=1S/C20H17ClO/c21-16-22-20(17-10-4-1-5-11-17,18-12-6-2-7-13-18)19-14-8-3-9-15-19/h1-15H,16H2. The third-order valence-electron chi connectivity index (χ3n) is 3.81. The van der Waals surface area contributed by atoms with E-state index >= 15 is 0 Å². The van der Waals surface area contributed by atoms with Crippen LogP contribution in [0.5, 0.6) is 0 Å². The number of hydrogen-bond donors (Lipinski definition) is 0. The summed E-state index contributed by atoms with van der Waals surface area (Å²) in [5.41, 5.74) is 2.49. The van der Waals surface area contributed by atoms with Crippen LogP contribution in [0.25, 0.3) is 0 Å². The van der Waals surface area contributed by atoms with E-state index in [0.29, 0.717) is 0 Å². The molecule has 3 aromatic carbocycles. The van der Waals surface area contributed by atoms with Crippen LogP contribution in [0.4, 0.5) is 0 Å². The van der Waals surface area contributed by atoms with E-state index in [0.717, 1.165) is 16.7 Å². The van der Waals surface area contributed by atoms with Crippen molar-refractivity contribution in [3.05, 3.63) is 108 Å². The first-order chi connectivity index (χ1) is 10.9. The lowest BCUT2D eigenvalue weighted by atomic mass is 9.80. The topological polar surface area (TPSA) is 9.23 Å². The molecule has 2 heteroatoms. The number of ether oxygens (including phenoxy) is 1. The lowest BCUT2D eigenvalue weighted by molar-refractivity contribution is 0.0440. The Morgan fingerprint density at radius 3 is 1.18 bits per heavy atom. The summed E-state index contributed by atoms with van der Waals surface area (Å²) in [6.07, 6.45) is 0. The highest BCUT2D eigenvalue weighted by Crippen LogP contribution is 2.40. The molecule has 0 unspecified atom stereocenters. The molecule has 22 heavy (non-hydrogen) atoms. The van der Waals surface area contributed by atoms with Crippen LogP contribution in [-0.2, 0) is 10.3 Å². The maximum absolute atomic E-state index is 6.15. The zero-order valence-corrected chi connectivity index (χ0v) is 12.9. The average molecular weight is 309 g/mol. The zero-order chi connectivity index (χ0) is 15.3. The molecule has 0 aromatic heterocycles. The Morgan fingerprint density at radius 1 is 0.591 bits per heavy atom. The molecule has 0 aliphatic carbocycles. The van der Waals surface area contributed by atoms with Crippen molar-refractivity contribution in [2.45, 2.75) is 5.60 Å². The molecule has 0 saturated carbocycles. The fourth-order valence-electron chi connectivity index (χ4n) is 2.85. The van der Waals surface area contributed by atoms with E-state index in [9.17, 15) is 0 Å². The van der Waals surface area contributed by atoms with Crippen LogP contribution >= 0.6 is 11.6 Å². The summed E-state index contributed by atoms with van der Waals surface area (Å²) in [6, 6.07) is 30.7. The van der Waals surface area contributed by atoms with Crippen molar-refractivity contribution in [2.75, 3.05) is 6.07 Å². The van der Waals surface area contributed by atoms with Crippen LogP contribution in [0.15, 0.2) is 91.0 Å². The fourth-order valence-corrected chi connectivity index (χ4v) is 3.01. The third-order valence-corrected chi connectivity index (χ3v) is 3.92. The van der Waals surface area contributed by atoms with Crippen molar-refractivity contribution in [1.82, 2.24) is 0 Å². The normalized spacial score (nSPS) is 11.3. The van der Waals surface area contributed by atoms with E-state index in [4.69, 9.17) is 16.3 Å². The van der Waals surface area contributed by atoms with Gasteiger partial charge in [0.25, 0.3) is 0 Å². The summed E-state index contributed by atoms with van der Waals surface area (Å²) in [5, 5.41) is 0. The van der Waals surface area contributed by atoms with Crippen molar-refractivity contribution >= 4 is 11.6 Å². The molecule has 0 N–H and O–H groups in total. The van der Waals surface area contributed by atoms with Gasteiger partial charge in [0.15, 0.2) is 0 Å². The average Bonchev–Trinajstić information content (AvgIpc) is 2.62. The van der Waals surface area contributed by atoms with Gasteiger partial charge in [-0.05, 0) is 16.7 Å². The van der Waals surface area contributed by atoms with Crippen LogP contribution in [-0.4, -0.2) is 6.07 Å². The zero-order valence-electron chi connectivity index (χ0n) is 12.2. The number of hydrogen-bond acceptors (Lipinski definition) is 1. The highest BCUT2D eigenvalue weighted by atomic mass is 35.5. The summed E-state index contributed by atoms with van der Waals surface area (Å²) >= 11 is 6.01. The second-order valence-corrected chi connectivity index (χ2v) is 5.25. The van der Waals surface area contributed by atoms with E-state index in [1.54, 1.807) is 0 Å². The third kappa shape index (κ3) is 2.66. The van der Waals surface area contributed by atoms with Gasteiger partial charge < -0.3 is 4.74 Å². The molecule has 1 nitrogen and oxygen atoms in total. The van der Waals surface area contributed by atoms with Crippen LogP contribution in [0.1, 0.15) is 16.7 Å². The van der Waals surface area contributed by atoms with Crippen molar-refractivity contribution < 1.29 is 4.74 Å². The quantitative estimate of drug-likeness (QED) is 0.465. The van der Waals surface area contributed by atoms with Crippen molar-refractivity contribution in [3.8, 4) is 0 Å². The molecule has 0 aliphatic rings. The fraction of sp³-hybridized carbons (Fsp3) is 0.100. The Bertz CT molecular complexity index is 599. The highest BCUT2D eigenvalue weighted by molar-refractivity contribution is 6.17. The molecule has 0 radical (unpaired) electrons. The molecule has 0 bridgehead atoms. The van der Waals surface area contributed by atoms with Crippen LogP contribution in [0, 0.1) is 0 Å². The van der Waals surface area contributed by atoms with E-state index < -0.39 is 5.60 Å². The number of benzene rings is 3. The Hall–Kier alpha value is -2.09. The minimum Gasteiger partial charge on any atom is -0.345 e. The Kier molecular flexibility index (Phi) is 4.57. The van der Waals surface area contributed by atoms with Gasteiger partial charge in [-0.2, -0.15) is 0 Å². The Labute approximate surface area is 136 Å². The van der Waals surface area contributed by atoms with Crippen LogP contribution in [0.2, 0.25) is 0 Å². The van der Waals surface area contributed by atoms with Gasteiger partial charge in [-0.25, -0.2) is 0 Å². The molecule has 0 heterocycles. The second kappa shape index (κ2) is 6.78. The SMILES string of the molecule is ClCOC(c1ccccc1)(c1ccccc1)c1ccccc1. The predicted molar refractivity (Wildman–Crippen MR) is 91.0 cm³/mol. The molecule has 0 spiro atoms. The summed E-state index contributed by atoms with van der Waals surface area (Å²) in [6.45, 7) is 0. The van der Waals surface area contributed by atoms with Crippen molar-refractivity contribution in [3.63, 3.8) is 0 Å². The smallest absolute Gasteiger partial charge is 0.145 e. The van der Waals surface area contributed by atoms with Crippen molar-refractivity contribution in [2.24, 2.45) is 0 Å². The van der Waals surface area contributed by atoms with Gasteiger partial charge in [-0.1, -0.05) is 103 Å². The van der Waals surface area contributed by atoms with Gasteiger partial charge in [0, 0.05) is 0 Å². The largest absolute Gasteiger partial charge is 0.345 e. The van der Waals surface area contributed by atoms with E-state index in [1.807, 2.05) is 54.6 Å². The summed E-state index contributed by atoms with van der Waals surface area (Å²) in [4.78, 5) is 0. The molecular weight excluding hydrogens is 292 g/mol. The molecule has 3 aromatic rings. The van der Waals surface area contributed by atoms with Crippen LogP contribution in [0.3, 0.4) is 0 Å². The minimum atomic E-state index is -0.703. The second-order valence-electron chi connectivity index (χ2n) is 5.03. The number of rotatable bonds is 5. The minimum absolute atomic E-state index is 0.110. The van der Waals surface area contributed by atoms with Gasteiger partial charge in [-0.15, -0.1) is 0 Å². The van der Waals surface area contributed by atoms with Gasteiger partial charge >= 0.3 is 0 Å². The summed E-state index contributed by atoms with van der Waals surface area (Å²) in [5.74, 6) is 0. The molecular formula is C20H17ClO. The molecule has 0 atom stereocenters. The van der Waals surface area contributed by atoms with Gasteiger partial charge in [-0.3, -0.25) is 0 Å². The Balaban J connectivity index is 2.29. The first-order valence-electron chi connectivity index (χ1n) is 7.24. The maximum Gasteiger partial charge on any atom is 0.145 e. The molecule has 0 aliphatic heterocycles. The van der Waals surface area contributed by atoms with E-state index in [2.05, 4.69) is 36.4 Å². The maximum atomic E-state index is 6.15. The first-order valence-corrected chi connectivity index (χ1v) is 7.78. The molecule has 110 valence electrons. The van der Waals surface area contributed by atoms with Crippen LogP contribution < -0.4 is 0 Å². The number of alkyl halides is 1. The summed E-state index contributed by atoms with van der Waals surface area (Å²) < 4.78 is 6.15. The molecule has 3 rings (SSSR count). The van der Waals surface area contributed by atoms with E-state index in [-0.39, 0.29) is 6.07 Å². The monoisotopic (exact) mass is 308 g/mol. The predicted octanol–water partition coefficient (Wildman–Crippen LogP) is 5.19. The van der Waals surface area contributed by atoms with Gasteiger partial charge in [0.1, 0.15) is 11.7 Å². The van der Waals surface area contributed by atoms with Gasteiger partial charge in [0.2, 0.25) is 0 Å².